The summed E-state index contributed by atoms with van der Waals surface area (Å²) >= 11 is 6.19. The lowest BCUT2D eigenvalue weighted by Crippen LogP contribution is -2.38. The highest BCUT2D eigenvalue weighted by Crippen LogP contribution is 2.45. The van der Waals surface area contributed by atoms with E-state index in [4.69, 9.17) is 21.3 Å². The van der Waals surface area contributed by atoms with Crippen LogP contribution in [0.3, 0.4) is 0 Å². The molecule has 1 aromatic rings. The van der Waals surface area contributed by atoms with Gasteiger partial charge in [0.05, 0.1) is 5.41 Å². The molecule has 0 radical (unpaired) electrons. The van der Waals surface area contributed by atoms with Crippen LogP contribution < -0.4 is 0 Å². The molecule has 0 aromatic heterocycles. The number of aryl methyl sites for hydroxylation is 2. The summed E-state index contributed by atoms with van der Waals surface area (Å²) in [4.78, 5) is 30.9. The molecule has 27 heavy (non-hydrogen) atoms. The van der Waals surface area contributed by atoms with Crippen LogP contribution in [0.25, 0.3) is 0 Å². The van der Waals surface area contributed by atoms with E-state index in [1.807, 2.05) is 26.0 Å². The van der Waals surface area contributed by atoms with E-state index < -0.39 is 16.9 Å². The number of ether oxygens (including phenoxy) is 1. The summed E-state index contributed by atoms with van der Waals surface area (Å²) in [5.74, 6) is -0.675. The van der Waals surface area contributed by atoms with Crippen LogP contribution in [-0.2, 0) is 14.3 Å². The zero-order valence-electron chi connectivity index (χ0n) is 16.8. The van der Waals surface area contributed by atoms with Gasteiger partial charge in [-0.25, -0.2) is 4.99 Å². The van der Waals surface area contributed by atoms with E-state index in [0.717, 1.165) is 48.8 Å². The van der Waals surface area contributed by atoms with Crippen LogP contribution in [0.5, 0.6) is 0 Å². The Morgan fingerprint density at radius 3 is 2.22 bits per heavy atom. The fraction of sp³-hybridized carbons (Fsp3) is 0.591. The van der Waals surface area contributed by atoms with Crippen molar-refractivity contribution < 1.29 is 14.3 Å². The number of hydrogen-bond donors (Lipinski definition) is 0. The van der Waals surface area contributed by atoms with Gasteiger partial charge < -0.3 is 4.74 Å². The SMILES string of the molecule is Cc1cc(Cl)cc(C)c1C1C(=O)C2(CCCCC2)N=C1OC(=O)C(C)(C)C. The molecule has 1 unspecified atom stereocenters. The largest absolute Gasteiger partial charge is 0.410 e. The van der Waals surface area contributed by atoms with Crippen LogP contribution in [0.4, 0.5) is 0 Å². The normalized spacial score (nSPS) is 22.1. The molecule has 1 aliphatic carbocycles. The monoisotopic (exact) mass is 389 g/mol. The van der Waals surface area contributed by atoms with Gasteiger partial charge >= 0.3 is 5.97 Å². The summed E-state index contributed by atoms with van der Waals surface area (Å²) in [6.07, 6.45) is 4.52. The third kappa shape index (κ3) is 3.69. The minimum atomic E-state index is -0.741. The number of benzene rings is 1. The Bertz CT molecular complexity index is 790. The molecule has 1 heterocycles. The van der Waals surface area contributed by atoms with Crippen molar-refractivity contribution in [1.82, 2.24) is 0 Å². The standard InChI is InChI=1S/C22H28ClNO3/c1-13-11-15(23)12-14(2)16(13)17-18(25)22(9-7-6-8-10-22)24-19(17)27-20(26)21(3,4)5/h11-12,17H,6-10H2,1-5H3. The molecule has 1 spiro atoms. The van der Waals surface area contributed by atoms with E-state index in [1.54, 1.807) is 20.8 Å². The van der Waals surface area contributed by atoms with E-state index in [0.29, 0.717) is 5.02 Å². The molecule has 1 aliphatic heterocycles. The van der Waals surface area contributed by atoms with Crippen molar-refractivity contribution in [2.45, 2.75) is 78.2 Å². The first kappa shape index (κ1) is 20.1. The molecule has 0 saturated heterocycles. The predicted octanol–water partition coefficient (Wildman–Crippen LogP) is 5.31. The lowest BCUT2D eigenvalue weighted by atomic mass is 9.75. The van der Waals surface area contributed by atoms with Crippen molar-refractivity contribution in [1.29, 1.82) is 0 Å². The van der Waals surface area contributed by atoms with Crippen molar-refractivity contribution >= 4 is 29.3 Å². The first-order valence-electron chi connectivity index (χ1n) is 9.68. The summed E-state index contributed by atoms with van der Waals surface area (Å²) in [5, 5.41) is 0.636. The minimum Gasteiger partial charge on any atom is -0.410 e. The number of aliphatic imine (C=N–C) groups is 1. The van der Waals surface area contributed by atoms with E-state index in [2.05, 4.69) is 0 Å². The topological polar surface area (TPSA) is 55.7 Å². The molecular formula is C22H28ClNO3. The molecule has 146 valence electrons. The third-order valence-corrected chi connectivity index (χ3v) is 5.85. The second kappa shape index (κ2) is 7.05. The van der Waals surface area contributed by atoms with Gasteiger partial charge in [-0.1, -0.05) is 30.9 Å². The summed E-state index contributed by atoms with van der Waals surface area (Å²) in [6.45, 7) is 9.29. The molecule has 1 fully saturated rings. The minimum absolute atomic E-state index is 0.0624. The number of ketones is 1. The fourth-order valence-electron chi connectivity index (χ4n) is 4.17. The molecule has 0 amide bonds. The van der Waals surface area contributed by atoms with E-state index in [-0.39, 0.29) is 17.7 Å². The molecule has 0 N–H and O–H groups in total. The molecule has 0 bridgehead atoms. The zero-order chi connectivity index (χ0) is 20.0. The van der Waals surface area contributed by atoms with Crippen LogP contribution in [0.1, 0.15) is 75.5 Å². The average molecular weight is 390 g/mol. The smallest absolute Gasteiger partial charge is 0.317 e. The van der Waals surface area contributed by atoms with Gasteiger partial charge in [-0.05, 0) is 76.3 Å². The lowest BCUT2D eigenvalue weighted by molar-refractivity contribution is -0.144. The van der Waals surface area contributed by atoms with Gasteiger partial charge in [0.2, 0.25) is 5.90 Å². The Morgan fingerprint density at radius 1 is 1.15 bits per heavy atom. The molecule has 5 heteroatoms. The van der Waals surface area contributed by atoms with Crippen molar-refractivity contribution in [3.63, 3.8) is 0 Å². The molecule has 1 saturated carbocycles. The Labute approximate surface area is 166 Å². The van der Waals surface area contributed by atoms with Gasteiger partial charge in [0.15, 0.2) is 5.78 Å². The van der Waals surface area contributed by atoms with Crippen molar-refractivity contribution in [3.8, 4) is 0 Å². The highest BCUT2D eigenvalue weighted by atomic mass is 35.5. The van der Waals surface area contributed by atoms with Crippen molar-refractivity contribution in [2.24, 2.45) is 10.4 Å². The predicted molar refractivity (Wildman–Crippen MR) is 107 cm³/mol. The van der Waals surface area contributed by atoms with Crippen LogP contribution in [0.2, 0.25) is 5.02 Å². The maximum Gasteiger partial charge on any atom is 0.317 e. The highest BCUT2D eigenvalue weighted by Gasteiger charge is 2.52. The second-order valence-corrected chi connectivity index (χ2v) is 9.37. The number of carbonyl (C=O) groups excluding carboxylic acids is 2. The fourth-order valence-corrected chi connectivity index (χ4v) is 4.50. The number of nitrogens with zero attached hydrogens (tertiary/aromatic N) is 1. The summed E-state index contributed by atoms with van der Waals surface area (Å²) in [6, 6.07) is 3.71. The third-order valence-electron chi connectivity index (χ3n) is 5.63. The lowest BCUT2D eigenvalue weighted by Gasteiger charge is -2.29. The van der Waals surface area contributed by atoms with E-state index >= 15 is 0 Å². The van der Waals surface area contributed by atoms with Gasteiger partial charge in [-0.3, -0.25) is 9.59 Å². The number of esters is 1. The van der Waals surface area contributed by atoms with E-state index in [1.165, 1.54) is 0 Å². The second-order valence-electron chi connectivity index (χ2n) is 8.93. The van der Waals surface area contributed by atoms with Gasteiger partial charge in [0, 0.05) is 5.02 Å². The zero-order valence-corrected chi connectivity index (χ0v) is 17.6. The maximum absolute atomic E-state index is 13.6. The summed E-state index contributed by atoms with van der Waals surface area (Å²) in [5.41, 5.74) is 1.31. The molecular weight excluding hydrogens is 362 g/mol. The summed E-state index contributed by atoms with van der Waals surface area (Å²) < 4.78 is 5.74. The highest BCUT2D eigenvalue weighted by molar-refractivity contribution is 6.30. The Hall–Kier alpha value is -1.68. The Balaban J connectivity index is 2.09. The number of hydrogen-bond acceptors (Lipinski definition) is 4. The van der Waals surface area contributed by atoms with Gasteiger partial charge in [-0.15, -0.1) is 0 Å². The quantitative estimate of drug-likeness (QED) is 0.611. The first-order valence-corrected chi connectivity index (χ1v) is 10.1. The van der Waals surface area contributed by atoms with E-state index in [9.17, 15) is 9.59 Å². The van der Waals surface area contributed by atoms with Crippen molar-refractivity contribution in [2.75, 3.05) is 0 Å². The van der Waals surface area contributed by atoms with Crippen LogP contribution in [-0.4, -0.2) is 23.2 Å². The summed E-state index contributed by atoms with van der Waals surface area (Å²) in [7, 11) is 0. The van der Waals surface area contributed by atoms with Gasteiger partial charge in [0.1, 0.15) is 11.5 Å². The molecule has 2 aliphatic rings. The number of halogens is 1. The molecule has 3 rings (SSSR count). The average Bonchev–Trinajstić information content (AvgIpc) is 2.79. The van der Waals surface area contributed by atoms with Crippen molar-refractivity contribution in [3.05, 3.63) is 33.8 Å². The van der Waals surface area contributed by atoms with Gasteiger partial charge in [0.25, 0.3) is 0 Å². The molecule has 1 aromatic carbocycles. The molecule has 4 nitrogen and oxygen atoms in total. The number of Topliss-reactive ketones (excluding diaryl/α,β-unsaturated/α-hetero) is 1. The first-order chi connectivity index (χ1) is 12.5. The number of rotatable bonds is 1. The Kier molecular flexibility index (Phi) is 5.24. The van der Waals surface area contributed by atoms with Crippen LogP contribution in [0, 0.1) is 19.3 Å². The van der Waals surface area contributed by atoms with Gasteiger partial charge in [-0.2, -0.15) is 0 Å². The molecule has 1 atom stereocenters. The Morgan fingerprint density at radius 2 is 1.70 bits per heavy atom. The number of carbonyl (C=O) groups is 2. The maximum atomic E-state index is 13.6. The van der Waals surface area contributed by atoms with Crippen LogP contribution in [0.15, 0.2) is 17.1 Å². The van der Waals surface area contributed by atoms with Crippen LogP contribution >= 0.6 is 11.6 Å².